The van der Waals surface area contributed by atoms with E-state index in [1.807, 2.05) is 6.92 Å². The van der Waals surface area contributed by atoms with Gasteiger partial charge in [0.05, 0.1) is 26.2 Å². The summed E-state index contributed by atoms with van der Waals surface area (Å²) in [5, 5.41) is 18.7. The highest BCUT2D eigenvalue weighted by molar-refractivity contribution is 5.95. The van der Waals surface area contributed by atoms with Crippen molar-refractivity contribution in [3.05, 3.63) is 17.7 Å². The fourth-order valence-corrected chi connectivity index (χ4v) is 1.93. The first kappa shape index (κ1) is 16.6. The highest BCUT2D eigenvalue weighted by atomic mass is 16.5. The van der Waals surface area contributed by atoms with Crippen LogP contribution in [0.4, 0.5) is 0 Å². The lowest BCUT2D eigenvalue weighted by molar-refractivity contribution is 0.0752. The molecule has 1 amide bonds. The van der Waals surface area contributed by atoms with Crippen LogP contribution in [0.1, 0.15) is 24.2 Å². The molecule has 0 aliphatic rings. The van der Waals surface area contributed by atoms with Crippen LogP contribution in [0.3, 0.4) is 0 Å². The maximum atomic E-state index is 12.5. The number of carbonyl (C=O) groups excluding carboxylic acids is 1. The lowest BCUT2D eigenvalue weighted by Gasteiger charge is -2.22. The minimum atomic E-state index is -0.255. The van der Waals surface area contributed by atoms with Crippen LogP contribution in [0.25, 0.3) is 0 Å². The molecule has 0 saturated heterocycles. The molecule has 6 nitrogen and oxygen atoms in total. The quantitative estimate of drug-likeness (QED) is 0.867. The van der Waals surface area contributed by atoms with E-state index in [1.165, 1.54) is 26.4 Å². The number of aromatic hydroxyl groups is 1. The second-order valence-electron chi connectivity index (χ2n) is 4.60. The summed E-state index contributed by atoms with van der Waals surface area (Å²) in [6, 6.07) is 5.02. The fourth-order valence-electron chi connectivity index (χ4n) is 1.93. The monoisotopic (exact) mass is 292 g/mol. The largest absolute Gasteiger partial charge is 0.502 e. The van der Waals surface area contributed by atoms with Crippen LogP contribution in [-0.4, -0.2) is 43.2 Å². The third-order valence-electron chi connectivity index (χ3n) is 3.11. The smallest absolute Gasteiger partial charge is 0.254 e. The first-order valence-electron chi connectivity index (χ1n) is 6.62. The van der Waals surface area contributed by atoms with Crippen molar-refractivity contribution in [2.75, 3.05) is 27.3 Å². The zero-order valence-electron chi connectivity index (χ0n) is 12.7. The zero-order valence-corrected chi connectivity index (χ0v) is 12.7. The molecule has 21 heavy (non-hydrogen) atoms. The molecule has 0 saturated carbocycles. The number of benzene rings is 1. The van der Waals surface area contributed by atoms with Gasteiger partial charge < -0.3 is 19.5 Å². The standard InChI is InChI=1S/C15H20N2O4/c1-5-17(9-10(2)8-16)15(19)11-6-12(20-3)14(18)13(7-11)21-4/h6-7,10,18H,5,9H2,1-4H3/t10-/m0/s1. The number of hydrogen-bond donors (Lipinski definition) is 1. The molecule has 1 rings (SSSR count). The van der Waals surface area contributed by atoms with Crippen molar-refractivity contribution in [3.8, 4) is 23.3 Å². The van der Waals surface area contributed by atoms with E-state index < -0.39 is 0 Å². The van der Waals surface area contributed by atoms with Gasteiger partial charge >= 0.3 is 0 Å². The highest BCUT2D eigenvalue weighted by Crippen LogP contribution is 2.37. The number of carbonyl (C=O) groups is 1. The average Bonchev–Trinajstić information content (AvgIpc) is 2.51. The molecular formula is C15H20N2O4. The summed E-state index contributed by atoms with van der Waals surface area (Å²) in [7, 11) is 2.80. The first-order valence-corrected chi connectivity index (χ1v) is 6.62. The Hall–Kier alpha value is -2.42. The Bertz CT molecular complexity index is 526. The number of methoxy groups -OCH3 is 2. The third kappa shape index (κ3) is 3.78. The van der Waals surface area contributed by atoms with Gasteiger partial charge in [-0.25, -0.2) is 0 Å². The van der Waals surface area contributed by atoms with Crippen LogP contribution in [0.2, 0.25) is 0 Å². The van der Waals surface area contributed by atoms with Gasteiger partial charge in [-0.05, 0) is 26.0 Å². The van der Waals surface area contributed by atoms with E-state index in [9.17, 15) is 9.90 Å². The Morgan fingerprint density at radius 1 is 1.38 bits per heavy atom. The van der Waals surface area contributed by atoms with Crippen LogP contribution in [0.5, 0.6) is 17.2 Å². The molecule has 0 aromatic heterocycles. The van der Waals surface area contributed by atoms with Gasteiger partial charge in [0.15, 0.2) is 11.5 Å². The second-order valence-corrected chi connectivity index (χ2v) is 4.60. The second kappa shape index (κ2) is 7.39. The summed E-state index contributed by atoms with van der Waals surface area (Å²) in [6.45, 7) is 4.43. The molecular weight excluding hydrogens is 272 g/mol. The summed E-state index contributed by atoms with van der Waals surface area (Å²) in [6.07, 6.45) is 0. The van der Waals surface area contributed by atoms with Crippen molar-refractivity contribution in [2.24, 2.45) is 5.92 Å². The Balaban J connectivity index is 3.14. The predicted octanol–water partition coefficient (Wildman–Crippen LogP) is 2.03. The van der Waals surface area contributed by atoms with Gasteiger partial charge in [0, 0.05) is 18.7 Å². The Morgan fingerprint density at radius 2 is 1.90 bits per heavy atom. The summed E-state index contributed by atoms with van der Waals surface area (Å²) in [5.41, 5.74) is 0.341. The van der Waals surface area contributed by atoms with E-state index in [0.717, 1.165) is 0 Å². The average molecular weight is 292 g/mol. The van der Waals surface area contributed by atoms with E-state index in [2.05, 4.69) is 6.07 Å². The van der Waals surface area contributed by atoms with E-state index in [1.54, 1.807) is 11.8 Å². The Kier molecular flexibility index (Phi) is 5.85. The Labute approximate surface area is 124 Å². The molecule has 0 fully saturated rings. The fraction of sp³-hybridized carbons (Fsp3) is 0.467. The molecule has 1 aromatic rings. The topological polar surface area (TPSA) is 82.8 Å². The van der Waals surface area contributed by atoms with Crippen LogP contribution < -0.4 is 9.47 Å². The summed E-state index contributed by atoms with van der Waals surface area (Å²) >= 11 is 0. The Morgan fingerprint density at radius 3 is 2.29 bits per heavy atom. The number of ether oxygens (including phenoxy) is 2. The number of rotatable bonds is 6. The van der Waals surface area contributed by atoms with E-state index in [-0.39, 0.29) is 29.1 Å². The number of phenols is 1. The molecule has 0 unspecified atom stereocenters. The lowest BCUT2D eigenvalue weighted by Crippen LogP contribution is -2.34. The molecule has 0 spiro atoms. The number of hydrogen-bond acceptors (Lipinski definition) is 5. The predicted molar refractivity (Wildman–Crippen MR) is 77.6 cm³/mol. The molecule has 0 aliphatic carbocycles. The number of phenolic OH excluding ortho intramolecular Hbond substituents is 1. The lowest BCUT2D eigenvalue weighted by atomic mass is 10.1. The van der Waals surface area contributed by atoms with Crippen LogP contribution in [-0.2, 0) is 0 Å². The molecule has 114 valence electrons. The van der Waals surface area contributed by atoms with Gasteiger partial charge in [-0.15, -0.1) is 0 Å². The van der Waals surface area contributed by atoms with Crippen LogP contribution >= 0.6 is 0 Å². The molecule has 0 heterocycles. The summed E-state index contributed by atoms with van der Waals surface area (Å²) in [5.74, 6) is -0.305. The van der Waals surface area contributed by atoms with Gasteiger partial charge in [0.1, 0.15) is 0 Å². The van der Waals surface area contributed by atoms with Gasteiger partial charge in [0.25, 0.3) is 5.91 Å². The van der Waals surface area contributed by atoms with Crippen LogP contribution in [0.15, 0.2) is 12.1 Å². The summed E-state index contributed by atoms with van der Waals surface area (Å²) < 4.78 is 10.1. The van der Waals surface area contributed by atoms with Crippen molar-refractivity contribution in [2.45, 2.75) is 13.8 Å². The van der Waals surface area contributed by atoms with Gasteiger partial charge in [-0.3, -0.25) is 4.79 Å². The number of nitriles is 1. The highest BCUT2D eigenvalue weighted by Gasteiger charge is 2.20. The minimum Gasteiger partial charge on any atom is -0.502 e. The molecule has 1 atom stereocenters. The van der Waals surface area contributed by atoms with Crippen molar-refractivity contribution < 1.29 is 19.4 Å². The molecule has 6 heteroatoms. The van der Waals surface area contributed by atoms with Gasteiger partial charge in [0.2, 0.25) is 5.75 Å². The molecule has 0 aliphatic heterocycles. The van der Waals surface area contributed by atoms with Gasteiger partial charge in [-0.1, -0.05) is 0 Å². The van der Waals surface area contributed by atoms with E-state index in [0.29, 0.717) is 18.7 Å². The van der Waals surface area contributed by atoms with E-state index in [4.69, 9.17) is 14.7 Å². The zero-order chi connectivity index (χ0) is 16.0. The SMILES string of the molecule is CCN(C[C@@H](C)C#N)C(=O)c1cc(OC)c(O)c(OC)c1. The summed E-state index contributed by atoms with van der Waals surface area (Å²) in [4.78, 5) is 14.1. The normalized spacial score (nSPS) is 11.4. The first-order chi connectivity index (χ1) is 9.98. The number of amides is 1. The van der Waals surface area contributed by atoms with Crippen LogP contribution in [0, 0.1) is 17.2 Å². The van der Waals surface area contributed by atoms with Crippen molar-refractivity contribution in [1.82, 2.24) is 4.90 Å². The minimum absolute atomic E-state index is 0.148. The maximum absolute atomic E-state index is 12.5. The van der Waals surface area contributed by atoms with Crippen molar-refractivity contribution >= 4 is 5.91 Å². The maximum Gasteiger partial charge on any atom is 0.254 e. The van der Waals surface area contributed by atoms with E-state index >= 15 is 0 Å². The molecule has 0 radical (unpaired) electrons. The molecule has 1 N–H and O–H groups in total. The van der Waals surface area contributed by atoms with Gasteiger partial charge in [-0.2, -0.15) is 5.26 Å². The molecule has 0 bridgehead atoms. The molecule has 1 aromatic carbocycles. The van der Waals surface area contributed by atoms with Crippen molar-refractivity contribution in [1.29, 1.82) is 5.26 Å². The number of nitrogens with zero attached hydrogens (tertiary/aromatic N) is 2. The van der Waals surface area contributed by atoms with Crippen molar-refractivity contribution in [3.63, 3.8) is 0 Å². The third-order valence-corrected chi connectivity index (χ3v) is 3.11.